The first-order valence-corrected chi connectivity index (χ1v) is 8.07. The quantitative estimate of drug-likeness (QED) is 0.755. The molecule has 21 heavy (non-hydrogen) atoms. The van der Waals surface area contributed by atoms with Crippen LogP contribution in [0.5, 0.6) is 11.5 Å². The van der Waals surface area contributed by atoms with Gasteiger partial charge in [0.05, 0.1) is 7.11 Å². The molecule has 2 rings (SSSR count). The largest absolute Gasteiger partial charge is 0.504 e. The van der Waals surface area contributed by atoms with E-state index in [4.69, 9.17) is 4.74 Å². The summed E-state index contributed by atoms with van der Waals surface area (Å²) in [4.78, 5) is 0. The van der Waals surface area contributed by atoms with Gasteiger partial charge in [0.25, 0.3) is 0 Å². The maximum Gasteiger partial charge on any atom is 0.160 e. The first kappa shape index (κ1) is 15.9. The number of hydrogen-bond acceptors (Lipinski definition) is 2. The van der Waals surface area contributed by atoms with Gasteiger partial charge in [-0.3, -0.25) is 0 Å². The summed E-state index contributed by atoms with van der Waals surface area (Å²) >= 11 is 0. The zero-order valence-corrected chi connectivity index (χ0v) is 13.6. The highest BCUT2D eigenvalue weighted by Crippen LogP contribution is 2.36. The maximum atomic E-state index is 9.85. The number of fused-ring (bicyclic) bond motifs is 1. The summed E-state index contributed by atoms with van der Waals surface area (Å²) in [6, 6.07) is 3.90. The standard InChI is InChI=1S/C19H28O2/c1-13(2)14(3)6-5-7-15-8-9-16-11-18(20)19(21-4)12-17(16)10-15/h11-13,15,20H,3,5-10H2,1-2,4H3. The second-order valence-electron chi connectivity index (χ2n) is 6.61. The number of methoxy groups -OCH3 is 1. The van der Waals surface area contributed by atoms with Gasteiger partial charge >= 0.3 is 0 Å². The predicted molar refractivity (Wildman–Crippen MR) is 88.0 cm³/mol. The Morgan fingerprint density at radius 3 is 2.81 bits per heavy atom. The normalized spacial score (nSPS) is 17.6. The highest BCUT2D eigenvalue weighted by atomic mass is 16.5. The van der Waals surface area contributed by atoms with E-state index >= 15 is 0 Å². The van der Waals surface area contributed by atoms with Crippen LogP contribution in [-0.2, 0) is 12.8 Å². The smallest absolute Gasteiger partial charge is 0.160 e. The lowest BCUT2D eigenvalue weighted by atomic mass is 9.81. The van der Waals surface area contributed by atoms with Crippen LogP contribution in [0.15, 0.2) is 24.3 Å². The summed E-state index contributed by atoms with van der Waals surface area (Å²) < 4.78 is 5.22. The van der Waals surface area contributed by atoms with E-state index in [9.17, 15) is 5.11 Å². The minimum atomic E-state index is 0.267. The molecule has 1 unspecified atom stereocenters. The molecule has 1 aliphatic rings. The number of benzene rings is 1. The van der Waals surface area contributed by atoms with E-state index in [1.165, 1.54) is 36.0 Å². The number of allylic oxidation sites excluding steroid dienone is 1. The molecule has 0 fully saturated rings. The van der Waals surface area contributed by atoms with E-state index < -0.39 is 0 Å². The molecule has 0 saturated heterocycles. The van der Waals surface area contributed by atoms with Gasteiger partial charge in [0.15, 0.2) is 11.5 Å². The fraction of sp³-hybridized carbons (Fsp3) is 0.579. The van der Waals surface area contributed by atoms with Crippen LogP contribution in [0.3, 0.4) is 0 Å². The van der Waals surface area contributed by atoms with E-state index in [2.05, 4.69) is 20.4 Å². The molecule has 0 heterocycles. The lowest BCUT2D eigenvalue weighted by Crippen LogP contribution is -2.14. The fourth-order valence-corrected chi connectivity index (χ4v) is 3.17. The number of aromatic hydroxyl groups is 1. The number of phenolic OH excluding ortho intramolecular Hbond substituents is 1. The highest BCUT2D eigenvalue weighted by molar-refractivity contribution is 5.47. The molecule has 0 saturated carbocycles. The molecule has 1 aromatic rings. The lowest BCUT2D eigenvalue weighted by Gasteiger charge is -2.25. The van der Waals surface area contributed by atoms with E-state index in [1.54, 1.807) is 7.11 Å². The van der Waals surface area contributed by atoms with Crippen molar-refractivity contribution in [2.24, 2.45) is 11.8 Å². The van der Waals surface area contributed by atoms with Gasteiger partial charge in [0.1, 0.15) is 0 Å². The molecule has 0 bridgehead atoms. The minimum Gasteiger partial charge on any atom is -0.504 e. The van der Waals surface area contributed by atoms with Crippen LogP contribution in [0.4, 0.5) is 0 Å². The Hall–Kier alpha value is -1.44. The first-order valence-electron chi connectivity index (χ1n) is 8.07. The summed E-state index contributed by atoms with van der Waals surface area (Å²) in [6.45, 7) is 8.60. The fourth-order valence-electron chi connectivity index (χ4n) is 3.17. The molecular formula is C19H28O2. The van der Waals surface area contributed by atoms with Crippen molar-refractivity contribution in [1.29, 1.82) is 0 Å². The van der Waals surface area contributed by atoms with Crippen molar-refractivity contribution < 1.29 is 9.84 Å². The number of aryl methyl sites for hydroxylation is 1. The van der Waals surface area contributed by atoms with Crippen LogP contribution < -0.4 is 4.74 Å². The Kier molecular flexibility index (Phi) is 5.33. The maximum absolute atomic E-state index is 9.85. The van der Waals surface area contributed by atoms with E-state index in [-0.39, 0.29) is 5.75 Å². The summed E-state index contributed by atoms with van der Waals surface area (Å²) in [5, 5.41) is 9.85. The zero-order valence-electron chi connectivity index (χ0n) is 13.6. The Balaban J connectivity index is 1.91. The molecule has 0 spiro atoms. The van der Waals surface area contributed by atoms with E-state index in [1.807, 2.05) is 12.1 Å². The van der Waals surface area contributed by atoms with Gasteiger partial charge in [0, 0.05) is 0 Å². The summed E-state index contributed by atoms with van der Waals surface area (Å²) in [5.41, 5.74) is 4.01. The number of hydrogen-bond donors (Lipinski definition) is 1. The Bertz CT molecular complexity index is 503. The van der Waals surface area contributed by atoms with Gasteiger partial charge in [-0.2, -0.15) is 0 Å². The third-order valence-corrected chi connectivity index (χ3v) is 4.76. The van der Waals surface area contributed by atoms with Gasteiger partial charge < -0.3 is 9.84 Å². The third-order valence-electron chi connectivity index (χ3n) is 4.76. The summed E-state index contributed by atoms with van der Waals surface area (Å²) in [6.07, 6.45) is 7.08. The molecule has 1 aliphatic carbocycles. The van der Waals surface area contributed by atoms with Gasteiger partial charge in [-0.25, -0.2) is 0 Å². The van der Waals surface area contributed by atoms with Crippen molar-refractivity contribution in [3.05, 3.63) is 35.4 Å². The monoisotopic (exact) mass is 288 g/mol. The summed E-state index contributed by atoms with van der Waals surface area (Å²) in [5.74, 6) is 2.22. The van der Waals surface area contributed by atoms with Gasteiger partial charge in [-0.05, 0) is 73.6 Å². The Labute approximate surface area is 128 Å². The van der Waals surface area contributed by atoms with Crippen molar-refractivity contribution >= 4 is 0 Å². The Morgan fingerprint density at radius 1 is 1.38 bits per heavy atom. The number of phenols is 1. The predicted octanol–water partition coefficient (Wildman–Crippen LogP) is 4.89. The molecule has 0 aromatic heterocycles. The van der Waals surface area contributed by atoms with Crippen LogP contribution >= 0.6 is 0 Å². The second kappa shape index (κ2) is 7.02. The molecule has 116 valence electrons. The molecule has 2 nitrogen and oxygen atoms in total. The Morgan fingerprint density at radius 2 is 2.14 bits per heavy atom. The van der Waals surface area contributed by atoms with Crippen LogP contribution in [0.1, 0.15) is 50.7 Å². The molecule has 1 atom stereocenters. The van der Waals surface area contributed by atoms with Crippen LogP contribution in [-0.4, -0.2) is 12.2 Å². The average molecular weight is 288 g/mol. The van der Waals surface area contributed by atoms with Crippen molar-refractivity contribution in [1.82, 2.24) is 0 Å². The molecule has 0 amide bonds. The van der Waals surface area contributed by atoms with Crippen molar-refractivity contribution in [3.63, 3.8) is 0 Å². The number of ether oxygens (including phenoxy) is 1. The molecule has 0 aliphatic heterocycles. The van der Waals surface area contributed by atoms with Crippen LogP contribution in [0.2, 0.25) is 0 Å². The van der Waals surface area contributed by atoms with Gasteiger partial charge in [0.2, 0.25) is 0 Å². The van der Waals surface area contributed by atoms with Crippen molar-refractivity contribution in [2.45, 2.75) is 52.4 Å². The van der Waals surface area contributed by atoms with Gasteiger partial charge in [-0.1, -0.05) is 26.0 Å². The summed E-state index contributed by atoms with van der Waals surface area (Å²) in [7, 11) is 1.61. The van der Waals surface area contributed by atoms with Crippen molar-refractivity contribution in [2.75, 3.05) is 7.11 Å². The van der Waals surface area contributed by atoms with E-state index in [0.717, 1.165) is 25.2 Å². The molecule has 2 heteroatoms. The third kappa shape index (κ3) is 4.03. The van der Waals surface area contributed by atoms with E-state index in [0.29, 0.717) is 11.7 Å². The minimum absolute atomic E-state index is 0.267. The second-order valence-corrected chi connectivity index (χ2v) is 6.61. The molecule has 1 N–H and O–H groups in total. The molecular weight excluding hydrogens is 260 g/mol. The molecule has 0 radical (unpaired) electrons. The van der Waals surface area contributed by atoms with Gasteiger partial charge in [-0.15, -0.1) is 0 Å². The average Bonchev–Trinajstić information content (AvgIpc) is 2.46. The van der Waals surface area contributed by atoms with Crippen LogP contribution in [0, 0.1) is 11.8 Å². The number of rotatable bonds is 6. The SMILES string of the molecule is C=C(CCCC1CCc2cc(O)c(OC)cc2C1)C(C)C. The topological polar surface area (TPSA) is 29.5 Å². The highest BCUT2D eigenvalue weighted by Gasteiger charge is 2.20. The zero-order chi connectivity index (χ0) is 15.4. The van der Waals surface area contributed by atoms with Crippen molar-refractivity contribution in [3.8, 4) is 11.5 Å². The lowest BCUT2D eigenvalue weighted by molar-refractivity contribution is 0.367. The van der Waals surface area contributed by atoms with Crippen LogP contribution in [0.25, 0.3) is 0 Å². The first-order chi connectivity index (χ1) is 10.0. The molecule has 1 aromatic carbocycles.